The molecular formula is C27H19FN2O5. The maximum atomic E-state index is 13.1. The summed E-state index contributed by atoms with van der Waals surface area (Å²) in [5.74, 6) is -1.39. The van der Waals surface area contributed by atoms with Crippen molar-refractivity contribution in [3.63, 3.8) is 0 Å². The number of nitrogens with one attached hydrogen (secondary N) is 1. The van der Waals surface area contributed by atoms with Crippen molar-refractivity contribution in [2.45, 2.75) is 6.42 Å². The second kappa shape index (κ2) is 10.4. The zero-order valence-electron chi connectivity index (χ0n) is 18.3. The molecule has 0 spiro atoms. The maximum Gasteiger partial charge on any atom is 0.337 e. The third-order valence-electron chi connectivity index (χ3n) is 5.04. The Kier molecular flexibility index (Phi) is 6.92. The summed E-state index contributed by atoms with van der Waals surface area (Å²) < 4.78 is 18.8. The van der Waals surface area contributed by atoms with E-state index in [1.807, 2.05) is 0 Å². The fourth-order valence-electron chi connectivity index (χ4n) is 3.30. The number of ether oxygens (including phenoxy) is 1. The molecule has 0 atom stereocenters. The number of pyridine rings is 1. The van der Waals surface area contributed by atoms with Crippen molar-refractivity contribution in [1.82, 2.24) is 4.98 Å². The molecule has 0 bridgehead atoms. The van der Waals surface area contributed by atoms with Crippen LogP contribution in [-0.4, -0.2) is 27.8 Å². The van der Waals surface area contributed by atoms with Gasteiger partial charge in [0.2, 0.25) is 11.8 Å². The van der Waals surface area contributed by atoms with E-state index >= 15 is 0 Å². The third-order valence-corrected chi connectivity index (χ3v) is 5.04. The number of anilines is 1. The Morgan fingerprint density at radius 1 is 0.857 bits per heavy atom. The highest BCUT2D eigenvalue weighted by Crippen LogP contribution is 2.22. The smallest absolute Gasteiger partial charge is 0.337 e. The number of halogens is 1. The Balaban J connectivity index is 1.35. The Bertz CT molecular complexity index is 1370. The minimum atomic E-state index is -1.13. The van der Waals surface area contributed by atoms with Gasteiger partial charge in [0.1, 0.15) is 11.6 Å². The Hall–Kier alpha value is -4.85. The lowest BCUT2D eigenvalue weighted by Crippen LogP contribution is -2.16. The molecule has 4 aromatic rings. The summed E-state index contributed by atoms with van der Waals surface area (Å²) in [4.78, 5) is 40.3. The monoisotopic (exact) mass is 470 g/mol. The number of aromatic nitrogens is 1. The minimum Gasteiger partial charge on any atom is -0.478 e. The van der Waals surface area contributed by atoms with Crippen LogP contribution in [0.15, 0.2) is 91.1 Å². The molecule has 0 unspecified atom stereocenters. The largest absolute Gasteiger partial charge is 0.478 e. The van der Waals surface area contributed by atoms with E-state index in [0.717, 1.165) is 0 Å². The number of aromatic carboxylic acids is 1. The number of hydrogen-bond acceptors (Lipinski definition) is 5. The second-order valence-corrected chi connectivity index (χ2v) is 7.54. The second-order valence-electron chi connectivity index (χ2n) is 7.54. The van der Waals surface area contributed by atoms with Crippen LogP contribution in [0.5, 0.6) is 11.6 Å². The zero-order chi connectivity index (χ0) is 24.8. The number of carbonyl (C=O) groups excluding carboxylic acids is 2. The van der Waals surface area contributed by atoms with Crippen LogP contribution in [0.3, 0.4) is 0 Å². The highest BCUT2D eigenvalue weighted by atomic mass is 19.1. The Morgan fingerprint density at radius 3 is 2.14 bits per heavy atom. The molecule has 0 saturated carbocycles. The van der Waals surface area contributed by atoms with Crippen LogP contribution in [0.1, 0.15) is 31.8 Å². The molecule has 0 aliphatic heterocycles. The molecule has 1 aromatic heterocycles. The lowest BCUT2D eigenvalue weighted by molar-refractivity contribution is -0.115. The molecule has 174 valence electrons. The average molecular weight is 470 g/mol. The van der Waals surface area contributed by atoms with Gasteiger partial charge in [0.25, 0.3) is 0 Å². The van der Waals surface area contributed by atoms with Crippen molar-refractivity contribution in [3.8, 4) is 11.6 Å². The fraction of sp³-hybridized carbons (Fsp3) is 0.0370. The summed E-state index contributed by atoms with van der Waals surface area (Å²) in [6, 6.07) is 21.2. The number of carbonyl (C=O) groups is 3. The molecule has 0 saturated heterocycles. The first-order valence-electron chi connectivity index (χ1n) is 10.5. The van der Waals surface area contributed by atoms with E-state index < -0.39 is 11.8 Å². The summed E-state index contributed by atoms with van der Waals surface area (Å²) in [5.41, 5.74) is 1.66. The molecule has 35 heavy (non-hydrogen) atoms. The van der Waals surface area contributed by atoms with Crippen molar-refractivity contribution in [3.05, 3.63) is 119 Å². The van der Waals surface area contributed by atoms with Crippen LogP contribution in [0.2, 0.25) is 0 Å². The van der Waals surface area contributed by atoms with Crippen molar-refractivity contribution in [1.29, 1.82) is 0 Å². The topological polar surface area (TPSA) is 106 Å². The predicted molar refractivity (Wildman–Crippen MR) is 126 cm³/mol. The molecule has 2 N–H and O–H groups in total. The van der Waals surface area contributed by atoms with Gasteiger partial charge in [-0.15, -0.1) is 0 Å². The van der Waals surface area contributed by atoms with Crippen molar-refractivity contribution < 1.29 is 28.6 Å². The number of ketones is 1. The van der Waals surface area contributed by atoms with Gasteiger partial charge in [-0.2, -0.15) is 0 Å². The van der Waals surface area contributed by atoms with E-state index in [1.54, 1.807) is 48.5 Å². The number of carboxylic acids is 1. The fourth-order valence-corrected chi connectivity index (χ4v) is 3.30. The van der Waals surface area contributed by atoms with Crippen LogP contribution in [-0.2, 0) is 11.2 Å². The van der Waals surface area contributed by atoms with Crippen LogP contribution >= 0.6 is 0 Å². The van der Waals surface area contributed by atoms with Gasteiger partial charge >= 0.3 is 5.97 Å². The molecule has 0 aliphatic rings. The Morgan fingerprint density at radius 2 is 1.51 bits per heavy atom. The number of nitrogens with zero attached hydrogens (tertiary/aromatic N) is 1. The summed E-state index contributed by atoms with van der Waals surface area (Å²) in [6.07, 6.45) is 1.49. The van der Waals surface area contributed by atoms with Crippen molar-refractivity contribution in [2.75, 3.05) is 5.32 Å². The quantitative estimate of drug-likeness (QED) is 0.346. The minimum absolute atomic E-state index is 0.00142. The zero-order valence-corrected chi connectivity index (χ0v) is 18.3. The lowest BCUT2D eigenvalue weighted by Gasteiger charge is -2.09. The summed E-state index contributed by atoms with van der Waals surface area (Å²) in [5, 5.41) is 11.8. The SMILES string of the molecule is O=C(Cc1ccc(Oc2ccc(C(=O)c3ccc(F)cc3)cc2)nc1)Nc1ccccc1C(=O)O. The molecule has 0 aliphatic carbocycles. The lowest BCUT2D eigenvalue weighted by atomic mass is 10.0. The molecule has 8 heteroatoms. The van der Waals surface area contributed by atoms with Crippen molar-refractivity contribution in [2.24, 2.45) is 0 Å². The van der Waals surface area contributed by atoms with Gasteiger partial charge in [0.05, 0.1) is 17.7 Å². The first-order chi connectivity index (χ1) is 16.9. The highest BCUT2D eigenvalue weighted by Gasteiger charge is 2.13. The van der Waals surface area contributed by atoms with Gasteiger partial charge in [0.15, 0.2) is 5.78 Å². The first kappa shape index (κ1) is 23.3. The third kappa shape index (κ3) is 5.94. The van der Waals surface area contributed by atoms with Crippen LogP contribution in [0, 0.1) is 5.82 Å². The summed E-state index contributed by atoms with van der Waals surface area (Å²) in [6.45, 7) is 0. The van der Waals surface area contributed by atoms with Gasteiger partial charge in [-0.3, -0.25) is 9.59 Å². The summed E-state index contributed by atoms with van der Waals surface area (Å²) >= 11 is 0. The molecule has 0 radical (unpaired) electrons. The highest BCUT2D eigenvalue weighted by molar-refractivity contribution is 6.09. The normalized spacial score (nSPS) is 10.4. The van der Waals surface area contributed by atoms with Crippen LogP contribution in [0.4, 0.5) is 10.1 Å². The van der Waals surface area contributed by atoms with Crippen LogP contribution < -0.4 is 10.1 Å². The molecule has 0 fully saturated rings. The van der Waals surface area contributed by atoms with Crippen molar-refractivity contribution >= 4 is 23.3 Å². The predicted octanol–water partition coefficient (Wildman–Crippen LogP) is 5.12. The number of benzene rings is 3. The van der Waals surface area contributed by atoms with Crippen LogP contribution in [0.25, 0.3) is 0 Å². The summed E-state index contributed by atoms with van der Waals surface area (Å²) in [7, 11) is 0. The average Bonchev–Trinajstić information content (AvgIpc) is 2.86. The van der Waals surface area contributed by atoms with E-state index in [4.69, 9.17) is 4.74 Å². The van der Waals surface area contributed by atoms with Gasteiger partial charge < -0.3 is 15.2 Å². The molecule has 3 aromatic carbocycles. The molecule has 4 rings (SSSR count). The van der Waals surface area contributed by atoms with Gasteiger partial charge in [-0.05, 0) is 66.2 Å². The molecule has 7 nitrogen and oxygen atoms in total. The molecule has 1 heterocycles. The number of amides is 1. The van der Waals surface area contributed by atoms with E-state index in [2.05, 4.69) is 10.3 Å². The number of hydrogen-bond donors (Lipinski definition) is 2. The van der Waals surface area contributed by atoms with Gasteiger partial charge in [0, 0.05) is 23.4 Å². The number of para-hydroxylation sites is 1. The molecular weight excluding hydrogens is 451 g/mol. The van der Waals surface area contributed by atoms with E-state index in [9.17, 15) is 23.9 Å². The Labute approximate surface area is 199 Å². The van der Waals surface area contributed by atoms with Gasteiger partial charge in [-0.25, -0.2) is 14.2 Å². The first-order valence-corrected chi connectivity index (χ1v) is 10.5. The molecule has 1 amide bonds. The van der Waals surface area contributed by atoms with E-state index in [0.29, 0.717) is 28.3 Å². The van der Waals surface area contributed by atoms with E-state index in [1.165, 1.54) is 42.6 Å². The van der Waals surface area contributed by atoms with Gasteiger partial charge in [-0.1, -0.05) is 18.2 Å². The standard InChI is InChI=1S/C27H19FN2O5/c28-20-10-6-18(7-11-20)26(32)19-8-12-21(13-9-19)35-25-14-5-17(16-29-25)15-24(31)30-23-4-2-1-3-22(23)27(33)34/h1-14,16H,15H2,(H,30,31)(H,33,34). The number of carboxylic acid groups (broad SMARTS) is 1. The maximum absolute atomic E-state index is 13.1. The number of rotatable bonds is 8. The van der Waals surface area contributed by atoms with E-state index in [-0.39, 0.29) is 29.4 Å².